The fourth-order valence-corrected chi connectivity index (χ4v) is 3.39. The zero-order chi connectivity index (χ0) is 16.2. The molecule has 0 amide bonds. The van der Waals surface area contributed by atoms with Crippen LogP contribution in [0.1, 0.15) is 22.6 Å². The summed E-state index contributed by atoms with van der Waals surface area (Å²) in [7, 11) is 0. The third kappa shape index (κ3) is 3.19. The van der Waals surface area contributed by atoms with E-state index in [1.807, 2.05) is 30.3 Å². The number of rotatable bonds is 3. The van der Waals surface area contributed by atoms with Crippen LogP contribution in [0.4, 0.5) is 0 Å². The second-order valence-corrected chi connectivity index (χ2v) is 6.19. The van der Waals surface area contributed by atoms with E-state index in [-0.39, 0.29) is 0 Å². The monoisotopic (exact) mass is 315 g/mol. The highest BCUT2D eigenvalue weighted by atomic mass is 16.5. The molecule has 1 aliphatic rings. The predicted molar refractivity (Wildman–Crippen MR) is 97.8 cm³/mol. The fourth-order valence-electron chi connectivity index (χ4n) is 3.39. The minimum Gasteiger partial charge on any atom is -0.457 e. The molecule has 1 aliphatic heterocycles. The minimum absolute atomic E-state index is 0.398. The van der Waals surface area contributed by atoms with Crippen LogP contribution in [0.3, 0.4) is 0 Å². The number of fused-ring (bicyclic) bond motifs is 1. The Balaban J connectivity index is 1.66. The number of para-hydroxylation sites is 1. The Hall–Kier alpha value is -2.58. The Kier molecular flexibility index (Phi) is 4.30. The SMILES string of the molecule is c1ccc(Oc2ccc3c(c2)CCNCC3c2ccccc2)cc1. The molecule has 3 aromatic carbocycles. The molecule has 2 heteroatoms. The molecule has 0 aromatic heterocycles. The summed E-state index contributed by atoms with van der Waals surface area (Å²) < 4.78 is 6.01. The van der Waals surface area contributed by atoms with Crippen LogP contribution in [0.2, 0.25) is 0 Å². The van der Waals surface area contributed by atoms with Gasteiger partial charge in [0.2, 0.25) is 0 Å². The summed E-state index contributed by atoms with van der Waals surface area (Å²) >= 11 is 0. The van der Waals surface area contributed by atoms with Crippen molar-refractivity contribution in [3.63, 3.8) is 0 Å². The Labute approximate surface area is 143 Å². The summed E-state index contributed by atoms with van der Waals surface area (Å²) in [5.41, 5.74) is 4.15. The van der Waals surface area contributed by atoms with Crippen LogP contribution in [0, 0.1) is 0 Å². The number of hydrogen-bond donors (Lipinski definition) is 1. The normalized spacial score (nSPS) is 16.9. The predicted octanol–water partition coefficient (Wildman–Crippen LogP) is 4.76. The lowest BCUT2D eigenvalue weighted by atomic mass is 9.88. The van der Waals surface area contributed by atoms with E-state index in [1.54, 1.807) is 0 Å². The van der Waals surface area contributed by atoms with Crippen molar-refractivity contribution < 1.29 is 4.74 Å². The summed E-state index contributed by atoms with van der Waals surface area (Å²) in [4.78, 5) is 0. The van der Waals surface area contributed by atoms with Crippen LogP contribution in [0.25, 0.3) is 0 Å². The quantitative estimate of drug-likeness (QED) is 0.752. The van der Waals surface area contributed by atoms with E-state index in [2.05, 4.69) is 53.8 Å². The summed E-state index contributed by atoms with van der Waals surface area (Å²) in [5, 5.41) is 3.57. The van der Waals surface area contributed by atoms with Gasteiger partial charge in [0, 0.05) is 12.5 Å². The molecule has 3 aromatic rings. The Morgan fingerprint density at radius 2 is 1.54 bits per heavy atom. The molecule has 4 rings (SSSR count). The maximum absolute atomic E-state index is 6.01. The largest absolute Gasteiger partial charge is 0.457 e. The first kappa shape index (κ1) is 15.0. The lowest BCUT2D eigenvalue weighted by Crippen LogP contribution is -2.20. The van der Waals surface area contributed by atoms with Crippen molar-refractivity contribution in [1.29, 1.82) is 0 Å². The third-order valence-electron chi connectivity index (χ3n) is 4.59. The van der Waals surface area contributed by atoms with Crippen LogP contribution < -0.4 is 10.1 Å². The van der Waals surface area contributed by atoms with Gasteiger partial charge < -0.3 is 10.1 Å². The summed E-state index contributed by atoms with van der Waals surface area (Å²) in [6.07, 6.45) is 1.03. The molecule has 1 N–H and O–H groups in total. The van der Waals surface area contributed by atoms with Gasteiger partial charge in [-0.2, -0.15) is 0 Å². The molecule has 24 heavy (non-hydrogen) atoms. The van der Waals surface area contributed by atoms with Gasteiger partial charge >= 0.3 is 0 Å². The van der Waals surface area contributed by atoms with Gasteiger partial charge in [-0.05, 0) is 53.9 Å². The third-order valence-corrected chi connectivity index (χ3v) is 4.59. The van der Waals surface area contributed by atoms with Crippen molar-refractivity contribution in [2.24, 2.45) is 0 Å². The van der Waals surface area contributed by atoms with E-state index in [4.69, 9.17) is 4.74 Å². The van der Waals surface area contributed by atoms with E-state index in [0.717, 1.165) is 31.0 Å². The minimum atomic E-state index is 0.398. The van der Waals surface area contributed by atoms with Gasteiger partial charge in [0.25, 0.3) is 0 Å². The molecule has 0 spiro atoms. The average Bonchev–Trinajstić information content (AvgIpc) is 2.85. The second-order valence-electron chi connectivity index (χ2n) is 6.19. The lowest BCUT2D eigenvalue weighted by Gasteiger charge is -2.19. The smallest absolute Gasteiger partial charge is 0.127 e. The topological polar surface area (TPSA) is 21.3 Å². The zero-order valence-corrected chi connectivity index (χ0v) is 13.6. The molecule has 0 fully saturated rings. The van der Waals surface area contributed by atoms with Crippen molar-refractivity contribution in [3.8, 4) is 11.5 Å². The highest BCUT2D eigenvalue weighted by molar-refractivity contribution is 5.44. The molecule has 0 saturated carbocycles. The first-order valence-electron chi connectivity index (χ1n) is 8.51. The van der Waals surface area contributed by atoms with Crippen molar-refractivity contribution in [2.75, 3.05) is 13.1 Å². The van der Waals surface area contributed by atoms with Crippen molar-refractivity contribution >= 4 is 0 Å². The second kappa shape index (κ2) is 6.90. The molecular formula is C22H21NO. The molecule has 0 aliphatic carbocycles. The van der Waals surface area contributed by atoms with E-state index >= 15 is 0 Å². The van der Waals surface area contributed by atoms with Crippen LogP contribution >= 0.6 is 0 Å². The molecule has 0 bridgehead atoms. The van der Waals surface area contributed by atoms with Crippen LogP contribution in [-0.4, -0.2) is 13.1 Å². The Morgan fingerprint density at radius 1 is 0.792 bits per heavy atom. The van der Waals surface area contributed by atoms with Crippen LogP contribution in [-0.2, 0) is 6.42 Å². The van der Waals surface area contributed by atoms with Crippen LogP contribution in [0.5, 0.6) is 11.5 Å². The maximum atomic E-state index is 6.01. The van der Waals surface area contributed by atoms with Gasteiger partial charge in [-0.1, -0.05) is 54.6 Å². The summed E-state index contributed by atoms with van der Waals surface area (Å²) in [6, 6.07) is 27.2. The highest BCUT2D eigenvalue weighted by Gasteiger charge is 2.20. The zero-order valence-electron chi connectivity index (χ0n) is 13.6. The number of hydrogen-bond acceptors (Lipinski definition) is 2. The number of ether oxygens (including phenoxy) is 1. The first-order valence-corrected chi connectivity index (χ1v) is 8.51. The molecule has 1 heterocycles. The van der Waals surface area contributed by atoms with Gasteiger partial charge in [0.05, 0.1) is 0 Å². The molecule has 2 nitrogen and oxygen atoms in total. The first-order chi connectivity index (χ1) is 11.9. The molecular weight excluding hydrogens is 294 g/mol. The molecule has 0 saturated heterocycles. The van der Waals surface area contributed by atoms with Crippen molar-refractivity contribution in [3.05, 3.63) is 95.6 Å². The van der Waals surface area contributed by atoms with E-state index in [1.165, 1.54) is 16.7 Å². The fraction of sp³-hybridized carbons (Fsp3) is 0.182. The van der Waals surface area contributed by atoms with E-state index < -0.39 is 0 Å². The maximum Gasteiger partial charge on any atom is 0.127 e. The van der Waals surface area contributed by atoms with Gasteiger partial charge in [0.1, 0.15) is 11.5 Å². The van der Waals surface area contributed by atoms with Gasteiger partial charge in [-0.25, -0.2) is 0 Å². The molecule has 1 atom stereocenters. The Morgan fingerprint density at radius 3 is 2.33 bits per heavy atom. The lowest BCUT2D eigenvalue weighted by molar-refractivity contribution is 0.481. The molecule has 0 radical (unpaired) electrons. The Bertz CT molecular complexity index is 799. The number of benzene rings is 3. The average molecular weight is 315 g/mol. The highest BCUT2D eigenvalue weighted by Crippen LogP contribution is 2.32. The van der Waals surface area contributed by atoms with Gasteiger partial charge in [0.15, 0.2) is 0 Å². The van der Waals surface area contributed by atoms with Crippen molar-refractivity contribution in [2.45, 2.75) is 12.3 Å². The van der Waals surface area contributed by atoms with Crippen LogP contribution in [0.15, 0.2) is 78.9 Å². The summed E-state index contributed by atoms with van der Waals surface area (Å²) in [6.45, 7) is 1.99. The molecule has 1 unspecified atom stereocenters. The van der Waals surface area contributed by atoms with E-state index in [0.29, 0.717) is 5.92 Å². The van der Waals surface area contributed by atoms with Gasteiger partial charge in [-0.15, -0.1) is 0 Å². The van der Waals surface area contributed by atoms with Crippen molar-refractivity contribution in [1.82, 2.24) is 5.32 Å². The standard InChI is InChI=1S/C22H21NO/c1-3-7-17(8-4-1)22-16-23-14-13-18-15-20(11-12-21(18)22)24-19-9-5-2-6-10-19/h1-12,15,22-23H,13-14,16H2. The molecule has 120 valence electrons. The summed E-state index contributed by atoms with van der Waals surface area (Å²) in [5.74, 6) is 2.19. The van der Waals surface area contributed by atoms with E-state index in [9.17, 15) is 0 Å². The number of nitrogens with one attached hydrogen (secondary N) is 1. The van der Waals surface area contributed by atoms with Gasteiger partial charge in [-0.3, -0.25) is 0 Å².